The van der Waals surface area contributed by atoms with Crippen LogP contribution in [-0.4, -0.2) is 0 Å². The highest BCUT2D eigenvalue weighted by atomic mass is 14.3. The lowest BCUT2D eigenvalue weighted by Gasteiger charge is -2.16. The van der Waals surface area contributed by atoms with Gasteiger partial charge in [0, 0.05) is 0 Å². The number of hydrogen-bond donors (Lipinski definition) is 0. The topological polar surface area (TPSA) is 0 Å². The van der Waals surface area contributed by atoms with E-state index in [1.165, 1.54) is 34.4 Å². The zero-order chi connectivity index (χ0) is 13.7. The van der Waals surface area contributed by atoms with Crippen LogP contribution in [0.2, 0.25) is 0 Å². The largest absolute Gasteiger partial charge is 0.0622 e. The van der Waals surface area contributed by atoms with Crippen LogP contribution in [0, 0.1) is 5.92 Å². The summed E-state index contributed by atoms with van der Waals surface area (Å²) in [5.41, 5.74) is 3.20. The van der Waals surface area contributed by atoms with Crippen molar-refractivity contribution in [2.75, 3.05) is 0 Å². The van der Waals surface area contributed by atoms with E-state index in [0.29, 0.717) is 0 Å². The molecule has 1 aliphatic rings. The lowest BCUT2D eigenvalue weighted by atomic mass is 9.88. The van der Waals surface area contributed by atoms with Gasteiger partial charge in [0.2, 0.25) is 0 Å². The third-order valence-corrected chi connectivity index (χ3v) is 4.98. The lowest BCUT2D eigenvalue weighted by Crippen LogP contribution is -2.01. The van der Waals surface area contributed by atoms with Crippen molar-refractivity contribution < 1.29 is 0 Å². The Bertz CT molecular complexity index is 796. The van der Waals surface area contributed by atoms with Gasteiger partial charge < -0.3 is 0 Å². The van der Waals surface area contributed by atoms with E-state index in [9.17, 15) is 0 Å². The van der Waals surface area contributed by atoms with Crippen LogP contribution in [0.1, 0.15) is 37.3 Å². The maximum absolute atomic E-state index is 2.39. The first kappa shape index (κ1) is 12.0. The SMILES string of the molecule is CC(C)C1CCc2c1ccc1c2ccc2ccccc21. The molecule has 0 saturated carbocycles. The maximum Gasteiger partial charge on any atom is -0.0102 e. The fraction of sp³-hybridized carbons (Fsp3) is 0.300. The molecule has 3 aromatic carbocycles. The summed E-state index contributed by atoms with van der Waals surface area (Å²) < 4.78 is 0. The van der Waals surface area contributed by atoms with Gasteiger partial charge in [-0.15, -0.1) is 0 Å². The lowest BCUT2D eigenvalue weighted by molar-refractivity contribution is 0.496. The molecule has 1 unspecified atom stereocenters. The molecule has 3 aromatic rings. The zero-order valence-electron chi connectivity index (χ0n) is 12.2. The maximum atomic E-state index is 2.39. The molecular formula is C20H20. The predicted molar refractivity (Wildman–Crippen MR) is 87.4 cm³/mol. The molecule has 100 valence electrons. The normalized spacial score (nSPS) is 18.1. The van der Waals surface area contributed by atoms with E-state index in [2.05, 4.69) is 62.4 Å². The molecule has 1 aliphatic carbocycles. The second kappa shape index (κ2) is 4.34. The molecule has 0 bridgehead atoms. The fourth-order valence-corrected chi connectivity index (χ4v) is 3.94. The molecule has 0 aromatic heterocycles. The number of fused-ring (bicyclic) bond motifs is 5. The van der Waals surface area contributed by atoms with Gasteiger partial charge in [0.1, 0.15) is 0 Å². The Balaban J connectivity index is 2.04. The fourth-order valence-electron chi connectivity index (χ4n) is 3.94. The molecule has 0 saturated heterocycles. The van der Waals surface area contributed by atoms with Crippen molar-refractivity contribution >= 4 is 21.5 Å². The van der Waals surface area contributed by atoms with Gasteiger partial charge in [0.15, 0.2) is 0 Å². The van der Waals surface area contributed by atoms with Gasteiger partial charge in [0.05, 0.1) is 0 Å². The van der Waals surface area contributed by atoms with Crippen molar-refractivity contribution in [1.29, 1.82) is 0 Å². The van der Waals surface area contributed by atoms with E-state index in [0.717, 1.165) is 11.8 Å². The number of benzene rings is 3. The molecule has 4 rings (SSSR count). The van der Waals surface area contributed by atoms with E-state index in [4.69, 9.17) is 0 Å². The van der Waals surface area contributed by atoms with Crippen LogP contribution < -0.4 is 0 Å². The average molecular weight is 260 g/mol. The van der Waals surface area contributed by atoms with Gasteiger partial charge in [-0.1, -0.05) is 62.4 Å². The zero-order valence-corrected chi connectivity index (χ0v) is 12.2. The molecule has 0 spiro atoms. The van der Waals surface area contributed by atoms with Crippen LogP contribution in [-0.2, 0) is 6.42 Å². The standard InChI is InChI=1S/C20H20/c1-13(2)15-9-10-20-17(15)11-12-18-16-6-4-3-5-14(16)7-8-19(18)20/h3-8,11-13,15H,9-10H2,1-2H3. The van der Waals surface area contributed by atoms with Crippen LogP contribution in [0.4, 0.5) is 0 Å². The second-order valence-corrected chi connectivity index (χ2v) is 6.40. The van der Waals surface area contributed by atoms with Crippen molar-refractivity contribution in [3.63, 3.8) is 0 Å². The molecule has 0 aliphatic heterocycles. The Labute approximate surface area is 120 Å². The first-order valence-electron chi connectivity index (χ1n) is 7.69. The van der Waals surface area contributed by atoms with Crippen LogP contribution in [0.5, 0.6) is 0 Å². The molecule has 0 N–H and O–H groups in total. The molecule has 0 nitrogen and oxygen atoms in total. The Kier molecular flexibility index (Phi) is 2.60. The minimum atomic E-state index is 0.745. The summed E-state index contributed by atoms with van der Waals surface area (Å²) in [6, 6.07) is 18.1. The highest BCUT2D eigenvalue weighted by Gasteiger charge is 2.26. The number of aryl methyl sites for hydroxylation is 1. The highest BCUT2D eigenvalue weighted by molar-refractivity contribution is 6.08. The molecule has 0 heterocycles. The minimum absolute atomic E-state index is 0.745. The summed E-state index contributed by atoms with van der Waals surface area (Å²) in [4.78, 5) is 0. The van der Waals surface area contributed by atoms with E-state index < -0.39 is 0 Å². The minimum Gasteiger partial charge on any atom is -0.0622 e. The molecule has 20 heavy (non-hydrogen) atoms. The highest BCUT2D eigenvalue weighted by Crippen LogP contribution is 2.42. The first-order chi connectivity index (χ1) is 9.75. The average Bonchev–Trinajstić information content (AvgIpc) is 2.91. The number of rotatable bonds is 1. The van der Waals surface area contributed by atoms with Crippen LogP contribution in [0.25, 0.3) is 21.5 Å². The van der Waals surface area contributed by atoms with Crippen molar-refractivity contribution in [2.45, 2.75) is 32.6 Å². The summed E-state index contributed by atoms with van der Waals surface area (Å²) in [6.07, 6.45) is 2.56. The van der Waals surface area contributed by atoms with Gasteiger partial charge in [-0.25, -0.2) is 0 Å². The molecule has 0 amide bonds. The van der Waals surface area contributed by atoms with Crippen molar-refractivity contribution in [3.8, 4) is 0 Å². The van der Waals surface area contributed by atoms with Crippen LogP contribution >= 0.6 is 0 Å². The molecule has 0 fully saturated rings. The second-order valence-electron chi connectivity index (χ2n) is 6.40. The summed E-state index contributed by atoms with van der Waals surface area (Å²) >= 11 is 0. The third-order valence-electron chi connectivity index (χ3n) is 4.98. The van der Waals surface area contributed by atoms with E-state index >= 15 is 0 Å². The first-order valence-corrected chi connectivity index (χ1v) is 7.69. The molecule has 0 heteroatoms. The van der Waals surface area contributed by atoms with Gasteiger partial charge >= 0.3 is 0 Å². The Hall–Kier alpha value is -1.82. The summed E-state index contributed by atoms with van der Waals surface area (Å²) in [7, 11) is 0. The van der Waals surface area contributed by atoms with Crippen LogP contribution in [0.3, 0.4) is 0 Å². The quantitative estimate of drug-likeness (QED) is 0.494. The predicted octanol–water partition coefficient (Wildman–Crippen LogP) is 5.68. The van der Waals surface area contributed by atoms with Gasteiger partial charge in [0.25, 0.3) is 0 Å². The van der Waals surface area contributed by atoms with Gasteiger partial charge in [-0.2, -0.15) is 0 Å². The van der Waals surface area contributed by atoms with Crippen LogP contribution in [0.15, 0.2) is 48.5 Å². The van der Waals surface area contributed by atoms with Gasteiger partial charge in [-0.3, -0.25) is 0 Å². The van der Waals surface area contributed by atoms with Crippen molar-refractivity contribution in [2.24, 2.45) is 5.92 Å². The number of hydrogen-bond acceptors (Lipinski definition) is 0. The van der Waals surface area contributed by atoms with E-state index in [-0.39, 0.29) is 0 Å². The Morgan fingerprint density at radius 2 is 1.65 bits per heavy atom. The summed E-state index contributed by atoms with van der Waals surface area (Å²) in [5.74, 6) is 1.50. The summed E-state index contributed by atoms with van der Waals surface area (Å²) in [5, 5.41) is 5.63. The van der Waals surface area contributed by atoms with Crippen molar-refractivity contribution in [3.05, 3.63) is 59.7 Å². The summed E-state index contributed by atoms with van der Waals surface area (Å²) in [6.45, 7) is 4.70. The monoisotopic (exact) mass is 260 g/mol. The Morgan fingerprint density at radius 3 is 2.50 bits per heavy atom. The third kappa shape index (κ3) is 1.61. The van der Waals surface area contributed by atoms with E-state index in [1.807, 2.05) is 0 Å². The molecular weight excluding hydrogens is 240 g/mol. The van der Waals surface area contributed by atoms with Gasteiger partial charge in [-0.05, 0) is 57.3 Å². The molecule has 1 atom stereocenters. The van der Waals surface area contributed by atoms with Crippen molar-refractivity contribution in [1.82, 2.24) is 0 Å². The van der Waals surface area contributed by atoms with E-state index in [1.54, 1.807) is 11.1 Å². The Morgan fingerprint density at radius 1 is 0.850 bits per heavy atom. The smallest absolute Gasteiger partial charge is 0.0102 e. The molecule has 0 radical (unpaired) electrons.